The molecule has 3 rings (SSSR count). The second-order valence-electron chi connectivity index (χ2n) is 6.16. The predicted octanol–water partition coefficient (Wildman–Crippen LogP) is 5.01. The van der Waals surface area contributed by atoms with E-state index in [2.05, 4.69) is 27.1 Å². The van der Waals surface area contributed by atoms with E-state index in [1.54, 1.807) is 18.3 Å². The van der Waals surface area contributed by atoms with E-state index in [9.17, 15) is 13.2 Å². The summed E-state index contributed by atoms with van der Waals surface area (Å²) >= 11 is 0. The minimum absolute atomic E-state index is 0.00895. The van der Waals surface area contributed by atoms with Gasteiger partial charge in [-0.15, -0.1) is 0 Å². The molecule has 0 radical (unpaired) electrons. The molecule has 1 aromatic carbocycles. The molecule has 0 aliphatic carbocycles. The van der Waals surface area contributed by atoms with Gasteiger partial charge in [0.2, 0.25) is 5.95 Å². The first-order valence-corrected chi connectivity index (χ1v) is 8.52. The minimum Gasteiger partial charge on any atom is -0.340 e. The van der Waals surface area contributed by atoms with Crippen molar-refractivity contribution in [3.63, 3.8) is 0 Å². The Balaban J connectivity index is 1.86. The molecule has 2 aromatic rings. The maximum atomic E-state index is 13.1. The fourth-order valence-corrected chi connectivity index (χ4v) is 3.22. The first-order valence-electron chi connectivity index (χ1n) is 8.52. The molecule has 1 atom stereocenters. The van der Waals surface area contributed by atoms with Crippen molar-refractivity contribution >= 4 is 17.5 Å². The lowest BCUT2D eigenvalue weighted by Crippen LogP contribution is -2.40. The Morgan fingerprint density at radius 1 is 1.20 bits per heavy atom. The number of hydrogen-bond donors (Lipinski definition) is 1. The molecule has 7 heteroatoms. The number of para-hydroxylation sites is 1. The highest BCUT2D eigenvalue weighted by Crippen LogP contribution is 2.35. The molecule has 0 bridgehead atoms. The molecule has 134 valence electrons. The normalized spacial score (nSPS) is 18.2. The summed E-state index contributed by atoms with van der Waals surface area (Å²) in [5.74, 6) is 0.933. The fourth-order valence-electron chi connectivity index (χ4n) is 3.22. The van der Waals surface area contributed by atoms with Crippen LogP contribution < -0.4 is 10.2 Å². The van der Waals surface area contributed by atoms with Gasteiger partial charge in [0.25, 0.3) is 0 Å². The Morgan fingerprint density at radius 2 is 2.00 bits per heavy atom. The van der Waals surface area contributed by atoms with Crippen molar-refractivity contribution in [2.75, 3.05) is 16.8 Å². The van der Waals surface area contributed by atoms with Crippen molar-refractivity contribution in [3.8, 4) is 0 Å². The van der Waals surface area contributed by atoms with E-state index in [1.807, 2.05) is 0 Å². The number of nitrogens with zero attached hydrogens (tertiary/aromatic N) is 3. The summed E-state index contributed by atoms with van der Waals surface area (Å²) in [6.45, 7) is 3.01. The third-order valence-electron chi connectivity index (χ3n) is 4.49. The zero-order chi connectivity index (χ0) is 17.9. The van der Waals surface area contributed by atoms with E-state index in [0.29, 0.717) is 17.8 Å². The van der Waals surface area contributed by atoms with Gasteiger partial charge >= 0.3 is 6.18 Å². The maximum Gasteiger partial charge on any atom is 0.418 e. The highest BCUT2D eigenvalue weighted by molar-refractivity contribution is 5.62. The standard InChI is InChI=1S/C18H21F3N4/c1-2-13-7-5-6-12-25(13)17-22-11-10-16(24-17)23-15-9-4-3-8-14(15)18(19,20)21/h3-4,8-11,13H,2,5-7,12H2,1H3,(H,22,23,24). The average molecular weight is 350 g/mol. The molecule has 25 heavy (non-hydrogen) atoms. The lowest BCUT2D eigenvalue weighted by Gasteiger charge is -2.35. The molecular weight excluding hydrogens is 329 g/mol. The Hall–Kier alpha value is -2.31. The van der Waals surface area contributed by atoms with Crippen LogP contribution >= 0.6 is 0 Å². The summed E-state index contributed by atoms with van der Waals surface area (Å²) in [5.41, 5.74) is -0.718. The Morgan fingerprint density at radius 3 is 2.76 bits per heavy atom. The minimum atomic E-state index is -4.42. The maximum absolute atomic E-state index is 13.1. The molecule has 1 saturated heterocycles. The molecule has 0 spiro atoms. The van der Waals surface area contributed by atoms with E-state index in [4.69, 9.17) is 0 Å². The molecule has 1 fully saturated rings. The Bertz CT molecular complexity index is 717. The van der Waals surface area contributed by atoms with Crippen LogP contribution in [-0.2, 0) is 6.18 Å². The molecular formula is C18H21F3N4. The van der Waals surface area contributed by atoms with E-state index in [-0.39, 0.29) is 5.69 Å². The second kappa shape index (κ2) is 7.29. The zero-order valence-electron chi connectivity index (χ0n) is 14.1. The van der Waals surface area contributed by atoms with Gasteiger partial charge in [-0.1, -0.05) is 19.1 Å². The molecule has 1 unspecified atom stereocenters. The van der Waals surface area contributed by atoms with Gasteiger partial charge in [0.05, 0.1) is 11.3 Å². The van der Waals surface area contributed by atoms with Crippen molar-refractivity contribution < 1.29 is 13.2 Å². The number of hydrogen-bond acceptors (Lipinski definition) is 4. The number of nitrogens with one attached hydrogen (secondary N) is 1. The van der Waals surface area contributed by atoms with Crippen LogP contribution in [0.3, 0.4) is 0 Å². The topological polar surface area (TPSA) is 41.1 Å². The van der Waals surface area contributed by atoms with Crippen molar-refractivity contribution in [2.24, 2.45) is 0 Å². The quantitative estimate of drug-likeness (QED) is 0.842. The second-order valence-corrected chi connectivity index (χ2v) is 6.16. The summed E-state index contributed by atoms with van der Waals surface area (Å²) in [7, 11) is 0. The highest BCUT2D eigenvalue weighted by atomic mass is 19.4. The largest absolute Gasteiger partial charge is 0.418 e. The van der Waals surface area contributed by atoms with E-state index < -0.39 is 11.7 Å². The van der Waals surface area contributed by atoms with Crippen molar-refractivity contribution in [1.82, 2.24) is 9.97 Å². The molecule has 0 saturated carbocycles. The van der Waals surface area contributed by atoms with Crippen LogP contribution in [-0.4, -0.2) is 22.6 Å². The van der Waals surface area contributed by atoms with Gasteiger partial charge < -0.3 is 10.2 Å². The molecule has 1 aliphatic heterocycles. The van der Waals surface area contributed by atoms with E-state index in [0.717, 1.165) is 31.9 Å². The lowest BCUT2D eigenvalue weighted by molar-refractivity contribution is -0.136. The van der Waals surface area contributed by atoms with Crippen LogP contribution in [0.2, 0.25) is 0 Å². The van der Waals surface area contributed by atoms with Crippen molar-refractivity contribution in [1.29, 1.82) is 0 Å². The molecule has 1 N–H and O–H groups in total. The van der Waals surface area contributed by atoms with E-state index >= 15 is 0 Å². The molecule has 1 aliphatic rings. The summed E-state index contributed by atoms with van der Waals surface area (Å²) in [6, 6.07) is 7.37. The highest BCUT2D eigenvalue weighted by Gasteiger charge is 2.33. The van der Waals surface area contributed by atoms with E-state index in [1.165, 1.54) is 18.6 Å². The zero-order valence-corrected chi connectivity index (χ0v) is 14.1. The number of halogens is 3. The van der Waals surface area contributed by atoms with Crippen LogP contribution in [0.1, 0.15) is 38.2 Å². The first-order chi connectivity index (χ1) is 12.0. The number of benzene rings is 1. The fraction of sp³-hybridized carbons (Fsp3) is 0.444. The SMILES string of the molecule is CCC1CCCCN1c1nccc(Nc2ccccc2C(F)(F)F)n1. The lowest BCUT2D eigenvalue weighted by atomic mass is 10.0. The van der Waals surface area contributed by atoms with Gasteiger partial charge in [-0.3, -0.25) is 0 Å². The summed E-state index contributed by atoms with van der Waals surface area (Å²) in [4.78, 5) is 10.9. The summed E-state index contributed by atoms with van der Waals surface area (Å²) in [5, 5.41) is 2.79. The predicted molar refractivity (Wildman–Crippen MR) is 92.0 cm³/mol. The van der Waals surface area contributed by atoms with Crippen LogP contribution in [0, 0.1) is 0 Å². The van der Waals surface area contributed by atoms with Crippen LogP contribution in [0.15, 0.2) is 36.5 Å². The summed E-state index contributed by atoms with van der Waals surface area (Å²) in [6.07, 6.45) is 1.52. The van der Waals surface area contributed by atoms with Crippen LogP contribution in [0.25, 0.3) is 0 Å². The van der Waals surface area contributed by atoms with Crippen LogP contribution in [0.4, 0.5) is 30.6 Å². The number of anilines is 3. The third-order valence-corrected chi connectivity index (χ3v) is 4.49. The third kappa shape index (κ3) is 4.03. The number of alkyl halides is 3. The van der Waals surface area contributed by atoms with Gasteiger partial charge in [0.1, 0.15) is 5.82 Å². The van der Waals surface area contributed by atoms with Crippen molar-refractivity contribution in [2.45, 2.75) is 44.8 Å². The number of piperidine rings is 1. The van der Waals surface area contributed by atoms with Gasteiger partial charge in [0.15, 0.2) is 0 Å². The van der Waals surface area contributed by atoms with Crippen molar-refractivity contribution in [3.05, 3.63) is 42.1 Å². The van der Waals surface area contributed by atoms with Gasteiger partial charge in [-0.25, -0.2) is 4.98 Å². The molecule has 1 aromatic heterocycles. The Labute approximate surface area is 145 Å². The smallest absolute Gasteiger partial charge is 0.340 e. The van der Waals surface area contributed by atoms with Gasteiger partial charge in [-0.2, -0.15) is 18.2 Å². The number of aromatic nitrogens is 2. The van der Waals surface area contributed by atoms with Gasteiger partial charge in [0, 0.05) is 18.8 Å². The van der Waals surface area contributed by atoms with Gasteiger partial charge in [-0.05, 0) is 43.9 Å². The number of rotatable bonds is 4. The monoisotopic (exact) mass is 350 g/mol. The molecule has 4 nitrogen and oxygen atoms in total. The first kappa shape index (κ1) is 17.5. The average Bonchev–Trinajstić information content (AvgIpc) is 2.61. The molecule has 2 heterocycles. The molecule has 0 amide bonds. The van der Waals surface area contributed by atoms with Crippen LogP contribution in [0.5, 0.6) is 0 Å². The Kier molecular flexibility index (Phi) is 5.11. The summed E-state index contributed by atoms with van der Waals surface area (Å²) < 4.78 is 39.4.